The number of hydrogen-bond donors (Lipinski definition) is 2. The van der Waals surface area contributed by atoms with Crippen molar-refractivity contribution in [2.24, 2.45) is 0 Å². The Labute approximate surface area is 176 Å². The molecule has 1 atom stereocenters. The summed E-state index contributed by atoms with van der Waals surface area (Å²) in [7, 11) is 0. The fourth-order valence-electron chi connectivity index (χ4n) is 3.26. The summed E-state index contributed by atoms with van der Waals surface area (Å²) in [4.78, 5) is 2.45. The van der Waals surface area contributed by atoms with Crippen molar-refractivity contribution in [2.45, 2.75) is 38.4 Å². The first-order chi connectivity index (χ1) is 14.4. The van der Waals surface area contributed by atoms with E-state index in [1.807, 2.05) is 18.2 Å². The fourth-order valence-corrected chi connectivity index (χ4v) is 3.91. The van der Waals surface area contributed by atoms with Crippen LogP contribution in [0.4, 0.5) is 24.8 Å². The summed E-state index contributed by atoms with van der Waals surface area (Å²) in [6.45, 7) is 2.75. The molecule has 1 aromatic carbocycles. The van der Waals surface area contributed by atoms with E-state index in [1.165, 1.54) is 24.8 Å². The van der Waals surface area contributed by atoms with Gasteiger partial charge in [-0.3, -0.25) is 4.90 Å². The molecule has 0 aliphatic carbocycles. The Morgan fingerprint density at radius 1 is 1.10 bits per heavy atom. The van der Waals surface area contributed by atoms with Crippen molar-refractivity contribution in [2.75, 3.05) is 43.4 Å². The number of likely N-dealkylation sites (tertiary alicyclic amines) is 1. The third kappa shape index (κ3) is 7.62. The normalized spacial score (nSPS) is 15.8. The smallest absolute Gasteiger partial charge is 0.405 e. The molecule has 1 aliphatic heterocycles. The average molecular weight is 446 g/mol. The lowest BCUT2D eigenvalue weighted by Gasteiger charge is -2.26. The summed E-state index contributed by atoms with van der Waals surface area (Å²) in [6, 6.07) is 8.02. The average Bonchev–Trinajstić information content (AvgIpc) is 3.06. The monoisotopic (exact) mass is 445 g/mol. The van der Waals surface area contributed by atoms with E-state index in [4.69, 9.17) is 4.74 Å². The Morgan fingerprint density at radius 3 is 2.57 bits per heavy atom. The molecule has 0 spiro atoms. The zero-order valence-corrected chi connectivity index (χ0v) is 17.4. The third-order valence-electron chi connectivity index (χ3n) is 4.65. The number of halogens is 3. The molecule has 1 fully saturated rings. The molecule has 2 aromatic rings. The second-order valence-electron chi connectivity index (χ2n) is 7.19. The van der Waals surface area contributed by atoms with Crippen molar-refractivity contribution in [3.63, 3.8) is 0 Å². The Hall–Kier alpha value is -2.11. The maximum atomic E-state index is 12.3. The van der Waals surface area contributed by atoms with E-state index in [2.05, 4.69) is 30.3 Å². The summed E-state index contributed by atoms with van der Waals surface area (Å²) in [5, 5.41) is 4.97. The van der Waals surface area contributed by atoms with Crippen molar-refractivity contribution in [1.82, 2.24) is 13.6 Å². The van der Waals surface area contributed by atoms with Crippen LogP contribution < -0.4 is 15.4 Å². The van der Waals surface area contributed by atoms with Gasteiger partial charge in [-0.25, -0.2) is 0 Å². The number of rotatable bonds is 10. The highest BCUT2D eigenvalue weighted by atomic mass is 32.2. The summed E-state index contributed by atoms with van der Waals surface area (Å²) in [5.41, 5.74) is 1.21. The summed E-state index contributed by atoms with van der Waals surface area (Å²) in [6.07, 6.45) is 0.00480. The maximum Gasteiger partial charge on any atom is 0.405 e. The Balaban J connectivity index is 1.40. The van der Waals surface area contributed by atoms with E-state index in [0.717, 1.165) is 25.4 Å². The molecule has 30 heavy (non-hydrogen) atoms. The number of aromatic nitrogens is 2. The molecule has 0 amide bonds. The largest absolute Gasteiger partial charge is 0.546 e. The quantitative estimate of drug-likeness (QED) is 0.422. The molecule has 0 radical (unpaired) electrons. The van der Waals surface area contributed by atoms with E-state index in [9.17, 15) is 17.7 Å². The fraction of sp³-hybridized carbons (Fsp3) is 0.579. The molecule has 1 saturated heterocycles. The molecular weight excluding hydrogens is 419 g/mol. The molecular formula is C19H26F3N5O2S. The van der Waals surface area contributed by atoms with Gasteiger partial charge in [-0.2, -0.15) is 13.2 Å². The van der Waals surface area contributed by atoms with E-state index in [-0.39, 0.29) is 11.6 Å². The van der Waals surface area contributed by atoms with Gasteiger partial charge in [-0.05, 0) is 50.0 Å². The van der Waals surface area contributed by atoms with Crippen LogP contribution in [0.3, 0.4) is 0 Å². The van der Waals surface area contributed by atoms with E-state index < -0.39 is 23.9 Å². The van der Waals surface area contributed by atoms with Crippen LogP contribution in [0, 0.1) is 0 Å². The van der Waals surface area contributed by atoms with Crippen molar-refractivity contribution >= 4 is 22.8 Å². The molecule has 1 aromatic heterocycles. The highest BCUT2D eigenvalue weighted by Gasteiger charge is 2.28. The lowest BCUT2D eigenvalue weighted by Crippen LogP contribution is -2.29. The second kappa shape index (κ2) is 10.8. The third-order valence-corrected chi connectivity index (χ3v) is 5.33. The van der Waals surface area contributed by atoms with Gasteiger partial charge in [0.15, 0.2) is 11.1 Å². The van der Waals surface area contributed by atoms with Gasteiger partial charge in [-0.1, -0.05) is 18.6 Å². The van der Waals surface area contributed by atoms with Crippen LogP contribution in [0.5, 0.6) is 5.75 Å². The number of hydrogen-bond acceptors (Lipinski definition) is 7. The van der Waals surface area contributed by atoms with Crippen LogP contribution in [-0.2, 0) is 6.54 Å². The number of benzene rings is 1. The van der Waals surface area contributed by atoms with Crippen molar-refractivity contribution in [1.29, 1.82) is 0 Å². The second-order valence-corrected chi connectivity index (χ2v) is 8.02. The highest BCUT2D eigenvalue weighted by molar-refractivity contribution is 7.14. The molecule has 2 heterocycles. The summed E-state index contributed by atoms with van der Waals surface area (Å²) >= 11 is -1.91. The first-order valence-corrected chi connectivity index (χ1v) is 11.0. The van der Waals surface area contributed by atoms with Crippen LogP contribution in [0.2, 0.25) is 0 Å². The highest BCUT2D eigenvalue weighted by Crippen LogP contribution is 2.24. The van der Waals surface area contributed by atoms with Gasteiger partial charge in [0.1, 0.15) is 12.3 Å². The number of nitrogens with one attached hydrogen (secondary N) is 2. The number of ether oxygens (including phenoxy) is 1. The zero-order chi connectivity index (χ0) is 21.4. The molecule has 0 saturated carbocycles. The molecule has 1 unspecified atom stereocenters. The zero-order valence-electron chi connectivity index (χ0n) is 16.6. The van der Waals surface area contributed by atoms with Gasteiger partial charge in [0.2, 0.25) is 11.6 Å². The van der Waals surface area contributed by atoms with Gasteiger partial charge in [0, 0.05) is 21.8 Å². The van der Waals surface area contributed by atoms with E-state index in [1.54, 1.807) is 0 Å². The lowest BCUT2D eigenvalue weighted by molar-refractivity contribution is -0.115. The molecule has 3 rings (SSSR count). The minimum Gasteiger partial charge on any atom is -0.546 e. The van der Waals surface area contributed by atoms with Gasteiger partial charge < -0.3 is 19.9 Å². The van der Waals surface area contributed by atoms with Crippen LogP contribution in [0.1, 0.15) is 31.2 Å². The number of piperidine rings is 1. The van der Waals surface area contributed by atoms with Crippen LogP contribution in [0.25, 0.3) is 0 Å². The van der Waals surface area contributed by atoms with Crippen LogP contribution in [0.15, 0.2) is 24.3 Å². The summed E-state index contributed by atoms with van der Waals surface area (Å²) < 4.78 is 61.4. The number of anilines is 2. The van der Waals surface area contributed by atoms with Crippen LogP contribution >= 0.6 is 11.1 Å². The minimum atomic E-state index is -4.39. The van der Waals surface area contributed by atoms with Crippen molar-refractivity contribution in [3.8, 4) is 5.75 Å². The molecule has 11 heteroatoms. The van der Waals surface area contributed by atoms with Crippen molar-refractivity contribution in [3.05, 3.63) is 29.8 Å². The van der Waals surface area contributed by atoms with Crippen molar-refractivity contribution < 1.29 is 22.5 Å². The van der Waals surface area contributed by atoms with Gasteiger partial charge in [-0.15, -0.1) is 0 Å². The first-order valence-electron chi connectivity index (χ1n) is 9.97. The maximum absolute atomic E-state index is 12.3. The van der Waals surface area contributed by atoms with E-state index in [0.29, 0.717) is 19.6 Å². The Bertz CT molecular complexity index is 797. The molecule has 1 aliphatic rings. The van der Waals surface area contributed by atoms with Gasteiger partial charge in [0.25, 0.3) is 0 Å². The topological polar surface area (TPSA) is 85.4 Å². The van der Waals surface area contributed by atoms with Crippen LogP contribution in [-0.4, -0.2) is 57.2 Å². The molecule has 2 N–H and O–H groups in total. The molecule has 7 nitrogen and oxygen atoms in total. The predicted molar refractivity (Wildman–Crippen MR) is 109 cm³/mol. The standard InChI is InChI=1S/C19H26F3N5O2S/c20-19(21,22)14-24-18-17(25-30(28)26-18)23-8-5-11-29-16-7-4-6-15(12-16)13-27-9-2-1-3-10-27/h4,6-7,12H,1-3,5,8-11,13-14H2,(H,23,25)(H,24,26). The van der Waals surface area contributed by atoms with Gasteiger partial charge in [0.05, 0.1) is 6.61 Å². The molecule has 166 valence electrons. The lowest BCUT2D eigenvalue weighted by atomic mass is 10.1. The SMILES string of the molecule is [O-][s+]1nc(NCCCOc2cccc(CN3CCCCC3)c2)c(NCC(F)(F)F)n1. The predicted octanol–water partition coefficient (Wildman–Crippen LogP) is 4.05. The van der Waals surface area contributed by atoms with Gasteiger partial charge >= 0.3 is 6.18 Å². The number of alkyl halides is 3. The summed E-state index contributed by atoms with van der Waals surface area (Å²) in [5.74, 6) is 0.719. The minimum absolute atomic E-state index is 0.0705. The molecule has 0 bridgehead atoms. The Morgan fingerprint density at radius 2 is 1.83 bits per heavy atom. The first kappa shape index (κ1) is 22.6. The van der Waals surface area contributed by atoms with E-state index >= 15 is 0 Å². The Kier molecular flexibility index (Phi) is 8.11. The number of nitrogens with zero attached hydrogens (tertiary/aromatic N) is 3.